The first-order chi connectivity index (χ1) is 11.9. The van der Waals surface area contributed by atoms with E-state index < -0.39 is 5.51 Å². The minimum atomic E-state index is -4.34. The Kier molecular flexibility index (Phi) is 5.51. The van der Waals surface area contributed by atoms with E-state index in [2.05, 4.69) is 5.32 Å². The summed E-state index contributed by atoms with van der Waals surface area (Å²) in [5.41, 5.74) is -1.72. The molecule has 2 nitrogen and oxygen atoms in total. The van der Waals surface area contributed by atoms with Crippen LogP contribution in [0, 0.1) is 0 Å². The lowest BCUT2D eigenvalue weighted by atomic mass is 9.88. The van der Waals surface area contributed by atoms with Crippen LogP contribution in [0.1, 0.15) is 22.6 Å². The van der Waals surface area contributed by atoms with Crippen molar-refractivity contribution in [2.45, 2.75) is 22.7 Å². The average molecular weight is 388 g/mol. The highest BCUT2D eigenvalue weighted by atomic mass is 35.5. The molecule has 1 aliphatic heterocycles. The minimum absolute atomic E-state index is 0.0579. The molecule has 1 unspecified atom stereocenters. The first-order valence-corrected chi connectivity index (χ1v) is 8.99. The van der Waals surface area contributed by atoms with Crippen molar-refractivity contribution < 1.29 is 17.9 Å². The SMILES string of the molecule is COc1cc(SC(F)(F)F)c2c(c1)C(c1ccc(Cl)cc1)CNCC2. The molecule has 0 fully saturated rings. The molecule has 3 rings (SSSR count). The number of fused-ring (bicyclic) bond motifs is 1. The van der Waals surface area contributed by atoms with Crippen molar-refractivity contribution in [3.8, 4) is 5.75 Å². The van der Waals surface area contributed by atoms with E-state index in [0.717, 1.165) is 16.7 Å². The molecule has 1 N–H and O–H groups in total. The molecule has 134 valence electrons. The molecule has 1 heterocycles. The van der Waals surface area contributed by atoms with Gasteiger partial charge in [-0.25, -0.2) is 0 Å². The number of alkyl halides is 3. The number of benzene rings is 2. The van der Waals surface area contributed by atoms with Crippen molar-refractivity contribution in [2.75, 3.05) is 20.2 Å². The summed E-state index contributed by atoms with van der Waals surface area (Å²) in [6, 6.07) is 10.8. The van der Waals surface area contributed by atoms with Crippen molar-refractivity contribution in [3.63, 3.8) is 0 Å². The van der Waals surface area contributed by atoms with E-state index in [9.17, 15) is 13.2 Å². The van der Waals surface area contributed by atoms with Crippen molar-refractivity contribution in [1.29, 1.82) is 0 Å². The molecule has 0 bridgehead atoms. The van der Waals surface area contributed by atoms with Gasteiger partial charge in [-0.3, -0.25) is 0 Å². The van der Waals surface area contributed by atoms with Crippen LogP contribution in [-0.4, -0.2) is 25.7 Å². The van der Waals surface area contributed by atoms with Gasteiger partial charge in [-0.05, 0) is 65.7 Å². The van der Waals surface area contributed by atoms with E-state index in [1.807, 2.05) is 18.2 Å². The van der Waals surface area contributed by atoms with Crippen LogP contribution in [0.25, 0.3) is 0 Å². The van der Waals surface area contributed by atoms with Crippen LogP contribution in [-0.2, 0) is 6.42 Å². The van der Waals surface area contributed by atoms with Crippen LogP contribution in [0.5, 0.6) is 5.75 Å². The molecule has 0 saturated carbocycles. The molecule has 1 atom stereocenters. The number of hydrogen-bond donors (Lipinski definition) is 1. The maximum atomic E-state index is 13.0. The van der Waals surface area contributed by atoms with Gasteiger partial charge >= 0.3 is 5.51 Å². The van der Waals surface area contributed by atoms with Crippen LogP contribution < -0.4 is 10.1 Å². The third kappa shape index (κ3) is 4.43. The quantitative estimate of drug-likeness (QED) is 0.728. The molecule has 2 aromatic carbocycles. The van der Waals surface area contributed by atoms with Gasteiger partial charge in [0, 0.05) is 22.4 Å². The fourth-order valence-electron chi connectivity index (χ4n) is 3.11. The molecular weight excluding hydrogens is 371 g/mol. The van der Waals surface area contributed by atoms with Crippen molar-refractivity contribution in [1.82, 2.24) is 5.32 Å². The Morgan fingerprint density at radius 1 is 1.20 bits per heavy atom. The largest absolute Gasteiger partial charge is 0.497 e. The number of thioether (sulfide) groups is 1. The maximum Gasteiger partial charge on any atom is 0.446 e. The zero-order chi connectivity index (χ0) is 18.0. The topological polar surface area (TPSA) is 21.3 Å². The van der Waals surface area contributed by atoms with Crippen LogP contribution in [0.2, 0.25) is 5.02 Å². The maximum absolute atomic E-state index is 13.0. The minimum Gasteiger partial charge on any atom is -0.497 e. The van der Waals surface area contributed by atoms with E-state index in [1.54, 1.807) is 12.1 Å². The number of rotatable bonds is 3. The van der Waals surface area contributed by atoms with Gasteiger partial charge in [-0.2, -0.15) is 13.2 Å². The number of halogens is 4. The third-order valence-corrected chi connectivity index (χ3v) is 5.29. The highest BCUT2D eigenvalue weighted by Crippen LogP contribution is 2.44. The van der Waals surface area contributed by atoms with Gasteiger partial charge in [0.1, 0.15) is 5.75 Å². The van der Waals surface area contributed by atoms with Gasteiger partial charge < -0.3 is 10.1 Å². The molecule has 25 heavy (non-hydrogen) atoms. The standard InChI is InChI=1S/C18H17ClF3NOS/c1-24-13-8-15-14(17(9-13)25-18(20,21)22)6-7-23-10-16(15)11-2-4-12(19)5-3-11/h2-5,8-9,16,23H,6-7,10H2,1H3. The Labute approximate surface area is 153 Å². The molecule has 0 radical (unpaired) electrons. The highest BCUT2D eigenvalue weighted by molar-refractivity contribution is 8.00. The normalized spacial score (nSPS) is 17.7. The summed E-state index contributed by atoms with van der Waals surface area (Å²) in [4.78, 5) is 0.213. The first-order valence-electron chi connectivity index (χ1n) is 7.80. The summed E-state index contributed by atoms with van der Waals surface area (Å²) in [6.07, 6.45) is 0.543. The predicted octanol–water partition coefficient (Wildman–Crippen LogP) is 5.24. The second-order valence-corrected chi connectivity index (χ2v) is 7.34. The molecule has 7 heteroatoms. The first kappa shape index (κ1) is 18.4. The van der Waals surface area contributed by atoms with Crippen molar-refractivity contribution in [3.05, 3.63) is 58.1 Å². The van der Waals surface area contributed by atoms with Crippen LogP contribution in [0.4, 0.5) is 13.2 Å². The number of hydrogen-bond acceptors (Lipinski definition) is 3. The lowest BCUT2D eigenvalue weighted by molar-refractivity contribution is -0.0328. The Hall–Kier alpha value is -1.37. The molecule has 1 aliphatic rings. The summed E-state index contributed by atoms with van der Waals surface area (Å²) < 4.78 is 44.3. The molecule has 0 aliphatic carbocycles. The van der Waals surface area contributed by atoms with Gasteiger partial charge in [0.15, 0.2) is 0 Å². The predicted molar refractivity (Wildman–Crippen MR) is 94.8 cm³/mol. The summed E-state index contributed by atoms with van der Waals surface area (Å²) in [7, 11) is 1.47. The Morgan fingerprint density at radius 3 is 2.56 bits per heavy atom. The second-order valence-electron chi connectivity index (χ2n) is 5.80. The van der Waals surface area contributed by atoms with Crippen LogP contribution in [0.3, 0.4) is 0 Å². The average Bonchev–Trinajstić information content (AvgIpc) is 2.77. The van der Waals surface area contributed by atoms with E-state index in [4.69, 9.17) is 16.3 Å². The van der Waals surface area contributed by atoms with Crippen LogP contribution >= 0.6 is 23.4 Å². The smallest absolute Gasteiger partial charge is 0.446 e. The van der Waals surface area contributed by atoms with Gasteiger partial charge in [0.2, 0.25) is 0 Å². The number of methoxy groups -OCH3 is 1. The van der Waals surface area contributed by atoms with Crippen molar-refractivity contribution in [2.24, 2.45) is 0 Å². The van der Waals surface area contributed by atoms with E-state index >= 15 is 0 Å². The Balaban J connectivity index is 2.12. The Bertz CT molecular complexity index is 749. The van der Waals surface area contributed by atoms with E-state index in [0.29, 0.717) is 30.3 Å². The van der Waals surface area contributed by atoms with Gasteiger partial charge in [-0.15, -0.1) is 0 Å². The number of nitrogens with one attached hydrogen (secondary N) is 1. The van der Waals surface area contributed by atoms with Gasteiger partial charge in [-0.1, -0.05) is 23.7 Å². The monoisotopic (exact) mass is 387 g/mol. The fraction of sp³-hybridized carbons (Fsp3) is 0.333. The third-order valence-electron chi connectivity index (χ3n) is 4.23. The highest BCUT2D eigenvalue weighted by Gasteiger charge is 2.33. The molecule has 0 saturated heterocycles. The second kappa shape index (κ2) is 7.48. The van der Waals surface area contributed by atoms with Crippen molar-refractivity contribution >= 4 is 23.4 Å². The molecule has 0 amide bonds. The van der Waals surface area contributed by atoms with E-state index in [1.165, 1.54) is 13.2 Å². The Morgan fingerprint density at radius 2 is 1.92 bits per heavy atom. The van der Waals surface area contributed by atoms with Crippen LogP contribution in [0.15, 0.2) is 41.3 Å². The van der Waals surface area contributed by atoms with Gasteiger partial charge in [0.25, 0.3) is 0 Å². The summed E-state index contributed by atoms with van der Waals surface area (Å²) >= 11 is 5.89. The zero-order valence-corrected chi connectivity index (χ0v) is 15.1. The molecule has 0 spiro atoms. The lowest BCUT2D eigenvalue weighted by Crippen LogP contribution is -2.20. The lowest BCUT2D eigenvalue weighted by Gasteiger charge is -2.21. The van der Waals surface area contributed by atoms with Gasteiger partial charge in [0.05, 0.1) is 7.11 Å². The fourth-order valence-corrected chi connectivity index (χ4v) is 4.01. The summed E-state index contributed by atoms with van der Waals surface area (Å²) in [6.45, 7) is 1.28. The molecule has 0 aromatic heterocycles. The summed E-state index contributed by atoms with van der Waals surface area (Å²) in [5, 5.41) is 3.95. The number of ether oxygens (including phenoxy) is 1. The zero-order valence-electron chi connectivity index (χ0n) is 13.5. The molecular formula is C18H17ClF3NOS. The molecule has 2 aromatic rings. The van der Waals surface area contributed by atoms with E-state index in [-0.39, 0.29) is 22.6 Å². The summed E-state index contributed by atoms with van der Waals surface area (Å²) in [5.74, 6) is 0.379.